The Morgan fingerprint density at radius 1 is 1.23 bits per heavy atom. The highest BCUT2D eigenvalue weighted by Gasteiger charge is 2.25. The molecule has 0 bridgehead atoms. The minimum absolute atomic E-state index is 0.542. The lowest BCUT2D eigenvalue weighted by Gasteiger charge is -2.35. The van der Waals surface area contributed by atoms with Crippen molar-refractivity contribution in [2.45, 2.75) is 66.1 Å². The van der Waals surface area contributed by atoms with Gasteiger partial charge < -0.3 is 4.52 Å². The van der Waals surface area contributed by atoms with Crippen molar-refractivity contribution in [1.29, 1.82) is 0 Å². The van der Waals surface area contributed by atoms with Gasteiger partial charge >= 0.3 is 0 Å². The Kier molecular flexibility index (Phi) is 4.34. The Balaban J connectivity index is 1.75. The smallest absolute Gasteiger partial charge is 0.138 e. The van der Waals surface area contributed by atoms with Gasteiger partial charge in [-0.3, -0.25) is 9.58 Å². The summed E-state index contributed by atoms with van der Waals surface area (Å²) in [7, 11) is 0. The molecule has 1 atom stereocenters. The summed E-state index contributed by atoms with van der Waals surface area (Å²) in [5.41, 5.74) is 4.62. The average Bonchev–Trinajstić information content (AvgIpc) is 2.96. The molecule has 0 amide bonds. The lowest BCUT2D eigenvalue weighted by Crippen LogP contribution is -2.42. The maximum absolute atomic E-state index is 5.32. The number of aryl methyl sites for hydroxylation is 4. The second kappa shape index (κ2) is 6.24. The predicted octanol–water partition coefficient (Wildman–Crippen LogP) is 3.16. The second-order valence-corrected chi connectivity index (χ2v) is 6.53. The summed E-state index contributed by atoms with van der Waals surface area (Å²) in [4.78, 5) is 2.58. The van der Waals surface area contributed by atoms with Crippen LogP contribution in [0, 0.1) is 27.7 Å². The fourth-order valence-electron chi connectivity index (χ4n) is 3.47. The third-order valence-electron chi connectivity index (χ3n) is 4.78. The Hall–Kier alpha value is -1.62. The van der Waals surface area contributed by atoms with Crippen molar-refractivity contribution in [3.63, 3.8) is 0 Å². The van der Waals surface area contributed by atoms with Crippen LogP contribution in [0.3, 0.4) is 0 Å². The van der Waals surface area contributed by atoms with Gasteiger partial charge in [0.1, 0.15) is 5.76 Å². The van der Waals surface area contributed by atoms with E-state index in [2.05, 4.69) is 39.8 Å². The molecule has 0 radical (unpaired) electrons. The summed E-state index contributed by atoms with van der Waals surface area (Å²) >= 11 is 0. The van der Waals surface area contributed by atoms with Gasteiger partial charge in [-0.1, -0.05) is 11.6 Å². The van der Waals surface area contributed by atoms with E-state index in [-0.39, 0.29) is 0 Å². The summed E-state index contributed by atoms with van der Waals surface area (Å²) in [5, 5.41) is 8.72. The Bertz CT molecular complexity index is 624. The number of likely N-dealkylation sites (tertiary alicyclic amines) is 1. The molecule has 0 saturated carbocycles. The van der Waals surface area contributed by atoms with Gasteiger partial charge in [-0.25, -0.2) is 0 Å². The van der Waals surface area contributed by atoms with Gasteiger partial charge in [0.15, 0.2) is 0 Å². The summed E-state index contributed by atoms with van der Waals surface area (Å²) in [5.74, 6) is 0.952. The van der Waals surface area contributed by atoms with Crippen molar-refractivity contribution < 1.29 is 4.52 Å². The van der Waals surface area contributed by atoms with Crippen molar-refractivity contribution in [2.24, 2.45) is 0 Å². The number of piperidine rings is 1. The largest absolute Gasteiger partial charge is 0.361 e. The van der Waals surface area contributed by atoms with Crippen LogP contribution in [0.2, 0.25) is 0 Å². The zero-order valence-corrected chi connectivity index (χ0v) is 14.1. The maximum atomic E-state index is 5.32. The maximum Gasteiger partial charge on any atom is 0.138 e. The molecule has 3 rings (SSSR count). The predicted molar refractivity (Wildman–Crippen MR) is 85.7 cm³/mol. The van der Waals surface area contributed by atoms with Crippen molar-refractivity contribution >= 4 is 0 Å². The van der Waals surface area contributed by atoms with Gasteiger partial charge in [0.25, 0.3) is 0 Å². The molecule has 0 spiro atoms. The molecular weight excluding hydrogens is 276 g/mol. The molecular formula is C17H26N4O. The van der Waals surface area contributed by atoms with Crippen LogP contribution in [0.15, 0.2) is 10.6 Å². The van der Waals surface area contributed by atoms with Gasteiger partial charge in [0, 0.05) is 23.8 Å². The normalized spacial score (nSPS) is 19.7. The van der Waals surface area contributed by atoms with Gasteiger partial charge in [0.2, 0.25) is 0 Å². The minimum atomic E-state index is 0.542. The van der Waals surface area contributed by atoms with Crippen LogP contribution in [0.1, 0.15) is 47.7 Å². The molecule has 0 unspecified atom stereocenters. The molecule has 1 fully saturated rings. The van der Waals surface area contributed by atoms with Crippen LogP contribution in [-0.2, 0) is 13.1 Å². The van der Waals surface area contributed by atoms with Crippen LogP contribution in [0.25, 0.3) is 0 Å². The fourth-order valence-corrected chi connectivity index (χ4v) is 3.47. The third-order valence-corrected chi connectivity index (χ3v) is 4.78. The highest BCUT2D eigenvalue weighted by Crippen LogP contribution is 2.24. The first kappa shape index (κ1) is 15.3. The average molecular weight is 302 g/mol. The van der Waals surface area contributed by atoms with E-state index in [1.54, 1.807) is 0 Å². The number of rotatable bonds is 4. The Morgan fingerprint density at radius 3 is 2.68 bits per heavy atom. The van der Waals surface area contributed by atoms with Crippen molar-refractivity contribution in [1.82, 2.24) is 19.8 Å². The number of hydrogen-bond acceptors (Lipinski definition) is 4. The third kappa shape index (κ3) is 3.09. The fraction of sp³-hybridized carbons (Fsp3) is 0.647. The molecule has 22 heavy (non-hydrogen) atoms. The lowest BCUT2D eigenvalue weighted by molar-refractivity contribution is 0.120. The molecule has 1 aliphatic heterocycles. The zero-order chi connectivity index (χ0) is 15.7. The highest BCUT2D eigenvalue weighted by molar-refractivity contribution is 5.20. The standard InChI is InChI=1S/C17H26N4O/c1-12-9-13(2)21(18-12)10-16-7-5-6-8-20(16)11-17-14(3)19-22-15(17)4/h9,16H,5-8,10-11H2,1-4H3/t16-/m0/s1. The van der Waals surface area contributed by atoms with Crippen molar-refractivity contribution in [3.8, 4) is 0 Å². The minimum Gasteiger partial charge on any atom is -0.361 e. The van der Waals surface area contributed by atoms with Gasteiger partial charge in [0.05, 0.1) is 17.9 Å². The highest BCUT2D eigenvalue weighted by atomic mass is 16.5. The topological polar surface area (TPSA) is 47.1 Å². The van der Waals surface area contributed by atoms with Crippen LogP contribution >= 0.6 is 0 Å². The van der Waals surface area contributed by atoms with Gasteiger partial charge in [-0.15, -0.1) is 0 Å². The van der Waals surface area contributed by atoms with E-state index in [4.69, 9.17) is 4.52 Å². The molecule has 1 saturated heterocycles. The van der Waals surface area contributed by atoms with E-state index in [0.717, 1.165) is 36.8 Å². The summed E-state index contributed by atoms with van der Waals surface area (Å²) in [6.07, 6.45) is 3.82. The number of nitrogens with zero attached hydrogens (tertiary/aromatic N) is 4. The lowest BCUT2D eigenvalue weighted by atomic mass is 10.0. The summed E-state index contributed by atoms with van der Waals surface area (Å²) in [6.45, 7) is 11.3. The molecule has 2 aromatic rings. The quantitative estimate of drug-likeness (QED) is 0.870. The van der Waals surface area contributed by atoms with Crippen molar-refractivity contribution in [3.05, 3.63) is 34.5 Å². The Morgan fingerprint density at radius 2 is 2.05 bits per heavy atom. The van der Waals surface area contributed by atoms with Crippen LogP contribution in [-0.4, -0.2) is 32.4 Å². The summed E-state index contributed by atoms with van der Waals surface area (Å²) < 4.78 is 7.48. The summed E-state index contributed by atoms with van der Waals surface area (Å²) in [6, 6.07) is 2.70. The second-order valence-electron chi connectivity index (χ2n) is 6.53. The first-order valence-corrected chi connectivity index (χ1v) is 8.21. The number of hydrogen-bond donors (Lipinski definition) is 0. The van der Waals surface area contributed by atoms with Crippen LogP contribution < -0.4 is 0 Å². The van der Waals surface area contributed by atoms with E-state index in [9.17, 15) is 0 Å². The molecule has 5 heteroatoms. The molecule has 5 nitrogen and oxygen atoms in total. The first-order chi connectivity index (χ1) is 10.5. The van der Waals surface area contributed by atoms with E-state index in [1.165, 1.54) is 30.5 Å². The molecule has 2 aromatic heterocycles. The van der Waals surface area contributed by atoms with Gasteiger partial charge in [-0.05, 0) is 53.1 Å². The van der Waals surface area contributed by atoms with E-state index in [0.29, 0.717) is 6.04 Å². The van der Waals surface area contributed by atoms with Crippen LogP contribution in [0.5, 0.6) is 0 Å². The molecule has 0 N–H and O–H groups in total. The molecule has 1 aliphatic rings. The van der Waals surface area contributed by atoms with Crippen LogP contribution in [0.4, 0.5) is 0 Å². The van der Waals surface area contributed by atoms with E-state index < -0.39 is 0 Å². The van der Waals surface area contributed by atoms with Crippen molar-refractivity contribution in [2.75, 3.05) is 6.54 Å². The first-order valence-electron chi connectivity index (χ1n) is 8.21. The Labute approximate surface area is 132 Å². The SMILES string of the molecule is Cc1cc(C)n(C[C@@H]2CCCCN2Cc2c(C)noc2C)n1. The molecule has 120 valence electrons. The molecule has 0 aliphatic carbocycles. The molecule has 0 aromatic carbocycles. The molecule has 3 heterocycles. The zero-order valence-electron chi connectivity index (χ0n) is 14.1. The number of aromatic nitrogens is 3. The monoisotopic (exact) mass is 302 g/mol. The van der Waals surface area contributed by atoms with Gasteiger partial charge in [-0.2, -0.15) is 5.10 Å². The van der Waals surface area contributed by atoms with E-state index >= 15 is 0 Å². The van der Waals surface area contributed by atoms with E-state index in [1.807, 2.05) is 13.8 Å².